The van der Waals surface area contributed by atoms with Crippen LogP contribution in [0.25, 0.3) is 18.2 Å². The molecule has 0 bridgehead atoms. The average Bonchev–Trinajstić information content (AvgIpc) is 3.04. The van der Waals surface area contributed by atoms with E-state index in [9.17, 15) is 13.2 Å². The van der Waals surface area contributed by atoms with Gasteiger partial charge in [0.05, 0.1) is 16.7 Å². The SMILES string of the molecule is C=Cc1c(F)c(F)c([B-](c2c(F)c(F)c(F)c(F)c2F)(c2c(F)c(F)c(C=C)c(F)c2F)c2c(F)c(F)c(C=C)c(F)c2F)c(F)c1F.[Li+]. The van der Waals surface area contributed by atoms with Gasteiger partial charge in [-0.2, -0.15) is 0 Å². The molecule has 0 fully saturated rings. The maximum atomic E-state index is 16.0. The molecule has 0 amide bonds. The monoisotopic (exact) mass is 710 g/mol. The molecule has 4 rings (SSSR count). The van der Waals surface area contributed by atoms with Gasteiger partial charge in [-0.05, 0) is 0 Å². The molecule has 0 aliphatic rings. The molecule has 0 nitrogen and oxygen atoms in total. The third-order valence-corrected chi connectivity index (χ3v) is 7.58. The Labute approximate surface area is 274 Å². The molecule has 0 spiro atoms. The molecule has 4 aromatic carbocycles. The molecule has 19 heteroatoms. The van der Waals surface area contributed by atoms with Crippen molar-refractivity contribution in [2.24, 2.45) is 0 Å². The van der Waals surface area contributed by atoms with E-state index in [0.717, 1.165) is 0 Å². The van der Waals surface area contributed by atoms with E-state index in [1.807, 2.05) is 0 Å². The summed E-state index contributed by atoms with van der Waals surface area (Å²) in [6, 6.07) is 0. The quantitative estimate of drug-likeness (QED) is 0.116. The van der Waals surface area contributed by atoms with Gasteiger partial charge >= 0.3 is 18.9 Å². The van der Waals surface area contributed by atoms with Crippen molar-refractivity contribution in [3.05, 3.63) is 135 Å². The first-order valence-corrected chi connectivity index (χ1v) is 12.5. The zero-order valence-electron chi connectivity index (χ0n) is 23.9. The molecule has 0 aromatic heterocycles. The fourth-order valence-electron chi connectivity index (χ4n) is 5.54. The number of benzene rings is 4. The summed E-state index contributed by atoms with van der Waals surface area (Å²) in [6.07, 6.45) is -6.90. The van der Waals surface area contributed by atoms with Crippen molar-refractivity contribution in [1.29, 1.82) is 0 Å². The van der Waals surface area contributed by atoms with E-state index in [2.05, 4.69) is 19.7 Å². The van der Waals surface area contributed by atoms with Crippen LogP contribution in [-0.4, -0.2) is 6.15 Å². The minimum Gasteiger partial charge on any atom is -0.207 e. The molecule has 0 heterocycles. The van der Waals surface area contributed by atoms with Crippen molar-refractivity contribution >= 4 is 46.2 Å². The van der Waals surface area contributed by atoms with E-state index in [0.29, 0.717) is 0 Å². The van der Waals surface area contributed by atoms with Gasteiger partial charge in [-0.15, -0.1) is 21.9 Å². The van der Waals surface area contributed by atoms with Crippen molar-refractivity contribution < 1.29 is 93.5 Å². The third kappa shape index (κ3) is 5.10. The summed E-state index contributed by atoms with van der Waals surface area (Å²) in [6.45, 7) is 8.33. The van der Waals surface area contributed by atoms with Crippen LogP contribution in [0.5, 0.6) is 0 Å². The van der Waals surface area contributed by atoms with Crippen LogP contribution in [-0.2, 0) is 0 Å². The first kappa shape index (κ1) is 39.0. The molecule has 0 unspecified atom stereocenters. The van der Waals surface area contributed by atoms with Crippen molar-refractivity contribution in [1.82, 2.24) is 0 Å². The summed E-state index contributed by atoms with van der Waals surface area (Å²) >= 11 is 0. The number of halogens is 17. The van der Waals surface area contributed by atoms with E-state index in [4.69, 9.17) is 0 Å². The molecule has 252 valence electrons. The molecule has 0 N–H and O–H groups in total. The van der Waals surface area contributed by atoms with Crippen LogP contribution >= 0.6 is 0 Å². The minimum atomic E-state index is -6.84. The van der Waals surface area contributed by atoms with Crippen molar-refractivity contribution in [2.45, 2.75) is 0 Å². The minimum absolute atomic E-state index is 0. The van der Waals surface area contributed by atoms with Crippen LogP contribution in [0.1, 0.15) is 16.7 Å². The maximum absolute atomic E-state index is 16.0. The smallest absolute Gasteiger partial charge is 0.207 e. The predicted octanol–water partition coefficient (Wildman–Crippen LogP) is 4.36. The molecule has 0 aliphatic carbocycles. The fourth-order valence-corrected chi connectivity index (χ4v) is 5.54. The topological polar surface area (TPSA) is 0 Å². The van der Waals surface area contributed by atoms with Gasteiger partial charge in [0, 0.05) is 0 Å². The Morgan fingerprint density at radius 3 is 0.571 bits per heavy atom. The molecule has 0 saturated carbocycles. The summed E-state index contributed by atoms with van der Waals surface area (Å²) in [5, 5.41) is 0. The largest absolute Gasteiger partial charge is 1.00 e. The number of hydrogen-bond acceptors (Lipinski definition) is 0. The summed E-state index contributed by atoms with van der Waals surface area (Å²) in [5.74, 6) is -53.3. The maximum Gasteiger partial charge on any atom is 1.00 e. The average molecular weight is 710 g/mol. The summed E-state index contributed by atoms with van der Waals surface area (Å²) in [5.41, 5.74) is -18.5. The van der Waals surface area contributed by atoms with Crippen molar-refractivity contribution in [3.8, 4) is 0 Å². The molecular weight excluding hydrogens is 701 g/mol. The first-order chi connectivity index (χ1) is 22.3. The van der Waals surface area contributed by atoms with Gasteiger partial charge < -0.3 is 0 Å². The zero-order valence-corrected chi connectivity index (χ0v) is 23.9. The van der Waals surface area contributed by atoms with E-state index in [1.165, 1.54) is 0 Å². The first-order valence-electron chi connectivity index (χ1n) is 12.5. The zero-order chi connectivity index (χ0) is 36.5. The van der Waals surface area contributed by atoms with E-state index < -0.39 is 144 Å². The molecule has 49 heavy (non-hydrogen) atoms. The number of rotatable bonds is 7. The Hall–Kier alpha value is -4.43. The Morgan fingerprint density at radius 1 is 0.265 bits per heavy atom. The molecular formula is C30H9BF17Li. The Balaban J connectivity index is 0.00000650. The van der Waals surface area contributed by atoms with Gasteiger partial charge in [-0.25, -0.2) is 74.6 Å². The fraction of sp³-hybridized carbons (Fsp3) is 0. The van der Waals surface area contributed by atoms with Crippen LogP contribution < -0.4 is 40.7 Å². The second kappa shape index (κ2) is 13.5. The van der Waals surface area contributed by atoms with Crippen molar-refractivity contribution in [3.63, 3.8) is 0 Å². The molecule has 0 atom stereocenters. The van der Waals surface area contributed by atoms with Crippen LogP contribution in [0.4, 0.5) is 74.6 Å². The van der Waals surface area contributed by atoms with Gasteiger partial charge in [0.2, 0.25) is 0 Å². The van der Waals surface area contributed by atoms with Crippen LogP contribution in [0.2, 0.25) is 0 Å². The number of hydrogen-bond donors (Lipinski definition) is 0. The van der Waals surface area contributed by atoms with E-state index >= 15 is 61.5 Å². The molecule has 0 aliphatic heterocycles. The Bertz CT molecular complexity index is 1830. The second-order valence-electron chi connectivity index (χ2n) is 9.71. The van der Waals surface area contributed by atoms with Crippen LogP contribution in [0, 0.1) is 98.9 Å². The molecule has 4 aromatic rings. The van der Waals surface area contributed by atoms with E-state index in [1.54, 1.807) is 0 Å². The second-order valence-corrected chi connectivity index (χ2v) is 9.71. The normalized spacial score (nSPS) is 11.4. The molecule has 0 saturated heterocycles. The van der Waals surface area contributed by atoms with Gasteiger partial charge in [-0.1, -0.05) is 38.0 Å². The van der Waals surface area contributed by atoms with Gasteiger partial charge in [0.15, 0.2) is 52.4 Å². The Morgan fingerprint density at radius 2 is 0.408 bits per heavy atom. The molecule has 0 radical (unpaired) electrons. The Kier molecular flexibility index (Phi) is 10.7. The van der Waals surface area contributed by atoms with E-state index in [-0.39, 0.29) is 37.1 Å². The predicted molar refractivity (Wildman–Crippen MR) is 140 cm³/mol. The van der Waals surface area contributed by atoms with Gasteiger partial charge in [0.25, 0.3) is 0 Å². The third-order valence-electron chi connectivity index (χ3n) is 7.58. The summed E-state index contributed by atoms with van der Waals surface area (Å²) in [4.78, 5) is 0. The van der Waals surface area contributed by atoms with Crippen LogP contribution in [0.3, 0.4) is 0 Å². The van der Waals surface area contributed by atoms with Gasteiger partial charge in [0.1, 0.15) is 52.7 Å². The van der Waals surface area contributed by atoms with Crippen molar-refractivity contribution in [2.75, 3.05) is 0 Å². The summed E-state index contributed by atoms with van der Waals surface area (Å²) < 4.78 is 262. The van der Waals surface area contributed by atoms with Gasteiger partial charge in [-0.3, -0.25) is 0 Å². The standard InChI is InChI=1S/C30H9BF17.Li/c1-4-7-14(32)20(38)10(21(39)15(7)33)31(13-26(44)28(46)30(48)29(47)27(13)45,11-22(40)16(34)8(5-2)17(35)23(11)41)12-24(42)18(36)9(6-3)19(37)25(12)43;/h4-6H,1-3H2;/q-1;+1. The summed E-state index contributed by atoms with van der Waals surface area (Å²) in [7, 11) is 0. The van der Waals surface area contributed by atoms with Crippen LogP contribution in [0.15, 0.2) is 19.7 Å².